The molecule has 20 heavy (non-hydrogen) atoms. The number of amidine groups is 1. The topological polar surface area (TPSA) is 81.2 Å². The highest BCUT2D eigenvalue weighted by Gasteiger charge is 2.04. The third-order valence-corrected chi connectivity index (χ3v) is 2.76. The summed E-state index contributed by atoms with van der Waals surface area (Å²) in [6, 6.07) is 11.0. The summed E-state index contributed by atoms with van der Waals surface area (Å²) in [5, 5.41) is 7.46. The molecule has 0 aliphatic rings. The number of methoxy groups -OCH3 is 1. The molecule has 0 saturated heterocycles. The molecule has 2 aromatic rings. The van der Waals surface area contributed by atoms with Crippen LogP contribution in [0.2, 0.25) is 0 Å². The van der Waals surface area contributed by atoms with Crippen molar-refractivity contribution in [3.05, 3.63) is 53.2 Å². The number of nitrogens with one attached hydrogen (secondary N) is 1. The number of nitrogens with two attached hydrogens (primary N) is 1. The van der Waals surface area contributed by atoms with E-state index in [9.17, 15) is 0 Å². The van der Waals surface area contributed by atoms with Gasteiger partial charge in [-0.1, -0.05) is 12.1 Å². The fourth-order valence-electron chi connectivity index (χ4n) is 1.79. The van der Waals surface area contributed by atoms with Gasteiger partial charge in [-0.15, -0.1) is 0 Å². The first kappa shape index (κ1) is 13.9. The number of nitrogen functional groups attached to an aromatic ring is 1. The lowest BCUT2D eigenvalue weighted by Crippen LogP contribution is -2.12. The molecule has 5 nitrogen and oxygen atoms in total. The number of benzene rings is 1. The number of nitrogens with zero attached hydrogens (tertiary/aromatic N) is 1. The molecule has 2 rings (SSSR count). The lowest BCUT2D eigenvalue weighted by molar-refractivity contribution is 0.292. The lowest BCUT2D eigenvalue weighted by atomic mass is 10.2. The van der Waals surface area contributed by atoms with Gasteiger partial charge in [-0.3, -0.25) is 5.41 Å². The van der Waals surface area contributed by atoms with Crippen molar-refractivity contribution in [3.63, 3.8) is 0 Å². The van der Waals surface area contributed by atoms with E-state index in [0.717, 1.165) is 17.0 Å². The van der Waals surface area contributed by atoms with E-state index in [-0.39, 0.29) is 5.84 Å². The first-order chi connectivity index (χ1) is 9.58. The standard InChI is InChI=1S/C15H17N3O2/c1-10-6-12(15(16)17)8-14(18-10)20-9-11-4-3-5-13(7-11)19-2/h3-8H,9H2,1-2H3,(H3,16,17). The maximum absolute atomic E-state index is 7.46. The summed E-state index contributed by atoms with van der Waals surface area (Å²) >= 11 is 0. The van der Waals surface area contributed by atoms with Gasteiger partial charge >= 0.3 is 0 Å². The van der Waals surface area contributed by atoms with Gasteiger partial charge in [0.25, 0.3) is 0 Å². The molecule has 1 aromatic heterocycles. The quantitative estimate of drug-likeness (QED) is 0.645. The Morgan fingerprint density at radius 3 is 2.80 bits per heavy atom. The maximum atomic E-state index is 7.46. The largest absolute Gasteiger partial charge is 0.497 e. The molecule has 0 bridgehead atoms. The molecule has 0 unspecified atom stereocenters. The highest BCUT2D eigenvalue weighted by molar-refractivity contribution is 5.95. The number of rotatable bonds is 5. The van der Waals surface area contributed by atoms with E-state index in [1.54, 1.807) is 19.2 Å². The van der Waals surface area contributed by atoms with Crippen LogP contribution >= 0.6 is 0 Å². The molecule has 1 heterocycles. The molecule has 0 amide bonds. The van der Waals surface area contributed by atoms with Crippen LogP contribution in [0.1, 0.15) is 16.8 Å². The molecular weight excluding hydrogens is 254 g/mol. The number of hydrogen-bond acceptors (Lipinski definition) is 4. The zero-order valence-corrected chi connectivity index (χ0v) is 11.5. The van der Waals surface area contributed by atoms with E-state index in [2.05, 4.69) is 4.98 Å². The highest BCUT2D eigenvalue weighted by atomic mass is 16.5. The van der Waals surface area contributed by atoms with E-state index >= 15 is 0 Å². The normalized spacial score (nSPS) is 10.1. The van der Waals surface area contributed by atoms with Crippen LogP contribution in [0.5, 0.6) is 11.6 Å². The third-order valence-electron chi connectivity index (χ3n) is 2.76. The maximum Gasteiger partial charge on any atom is 0.214 e. The van der Waals surface area contributed by atoms with Crippen molar-refractivity contribution >= 4 is 5.84 Å². The Morgan fingerprint density at radius 1 is 1.30 bits per heavy atom. The van der Waals surface area contributed by atoms with Crippen LogP contribution in [-0.2, 0) is 6.61 Å². The van der Waals surface area contributed by atoms with Crippen molar-refractivity contribution in [1.82, 2.24) is 4.98 Å². The summed E-state index contributed by atoms with van der Waals surface area (Å²) < 4.78 is 10.8. The average Bonchev–Trinajstić information content (AvgIpc) is 2.44. The lowest BCUT2D eigenvalue weighted by Gasteiger charge is -2.09. The minimum Gasteiger partial charge on any atom is -0.497 e. The smallest absolute Gasteiger partial charge is 0.214 e. The van der Waals surface area contributed by atoms with Crippen LogP contribution in [0, 0.1) is 12.3 Å². The second-order valence-electron chi connectivity index (χ2n) is 4.39. The molecule has 0 saturated carbocycles. The van der Waals surface area contributed by atoms with Gasteiger partial charge in [0.05, 0.1) is 7.11 Å². The molecule has 1 aromatic carbocycles. The molecule has 104 valence electrons. The van der Waals surface area contributed by atoms with Crippen molar-refractivity contribution in [3.8, 4) is 11.6 Å². The monoisotopic (exact) mass is 271 g/mol. The van der Waals surface area contributed by atoms with Gasteiger partial charge in [-0.2, -0.15) is 0 Å². The summed E-state index contributed by atoms with van der Waals surface area (Å²) in [4.78, 5) is 4.27. The molecule has 0 atom stereocenters. The fourth-order valence-corrected chi connectivity index (χ4v) is 1.79. The van der Waals surface area contributed by atoms with E-state index in [4.69, 9.17) is 20.6 Å². The number of ether oxygens (including phenoxy) is 2. The minimum atomic E-state index is 0.00160. The Labute approximate surface area is 117 Å². The average molecular weight is 271 g/mol. The van der Waals surface area contributed by atoms with Crippen LogP contribution in [0.4, 0.5) is 0 Å². The van der Waals surface area contributed by atoms with Crippen molar-refractivity contribution < 1.29 is 9.47 Å². The van der Waals surface area contributed by atoms with Crippen molar-refractivity contribution in [1.29, 1.82) is 5.41 Å². The van der Waals surface area contributed by atoms with Crippen LogP contribution in [0.3, 0.4) is 0 Å². The zero-order chi connectivity index (χ0) is 14.5. The van der Waals surface area contributed by atoms with Gasteiger partial charge < -0.3 is 15.2 Å². The predicted molar refractivity (Wildman–Crippen MR) is 77.3 cm³/mol. The molecule has 5 heteroatoms. The Hall–Kier alpha value is -2.56. The van der Waals surface area contributed by atoms with Crippen LogP contribution in [0.25, 0.3) is 0 Å². The molecule has 0 radical (unpaired) electrons. The third kappa shape index (κ3) is 3.47. The predicted octanol–water partition coefficient (Wildman–Crippen LogP) is 2.26. The molecule has 0 fully saturated rings. The van der Waals surface area contributed by atoms with Gasteiger partial charge in [-0.05, 0) is 30.7 Å². The molecule has 0 aliphatic heterocycles. The Kier molecular flexibility index (Phi) is 4.20. The summed E-state index contributed by atoms with van der Waals surface area (Å²) in [7, 11) is 1.63. The Morgan fingerprint density at radius 2 is 2.10 bits per heavy atom. The van der Waals surface area contributed by atoms with Gasteiger partial charge in [0.15, 0.2) is 0 Å². The van der Waals surface area contributed by atoms with E-state index < -0.39 is 0 Å². The first-order valence-corrected chi connectivity index (χ1v) is 6.17. The second-order valence-corrected chi connectivity index (χ2v) is 4.39. The molecule has 3 N–H and O–H groups in total. The van der Waals surface area contributed by atoms with Gasteiger partial charge in [0, 0.05) is 17.3 Å². The van der Waals surface area contributed by atoms with E-state index in [1.165, 1.54) is 0 Å². The van der Waals surface area contributed by atoms with Crippen molar-refractivity contribution in [2.75, 3.05) is 7.11 Å². The zero-order valence-electron chi connectivity index (χ0n) is 11.5. The van der Waals surface area contributed by atoms with Crippen LogP contribution in [0.15, 0.2) is 36.4 Å². The summed E-state index contributed by atoms with van der Waals surface area (Å²) in [6.45, 7) is 2.22. The van der Waals surface area contributed by atoms with Crippen molar-refractivity contribution in [2.24, 2.45) is 5.73 Å². The number of aryl methyl sites for hydroxylation is 1. The molecular formula is C15H17N3O2. The van der Waals surface area contributed by atoms with Crippen molar-refractivity contribution in [2.45, 2.75) is 13.5 Å². The Bertz CT molecular complexity index is 626. The van der Waals surface area contributed by atoms with E-state index in [1.807, 2.05) is 31.2 Å². The first-order valence-electron chi connectivity index (χ1n) is 6.17. The highest BCUT2D eigenvalue weighted by Crippen LogP contribution is 2.16. The fraction of sp³-hybridized carbons (Fsp3) is 0.200. The summed E-state index contributed by atoms with van der Waals surface area (Å²) in [5.74, 6) is 1.24. The molecule has 0 spiro atoms. The van der Waals surface area contributed by atoms with Gasteiger partial charge in [0.2, 0.25) is 5.88 Å². The minimum absolute atomic E-state index is 0.00160. The second kappa shape index (κ2) is 6.06. The molecule has 0 aliphatic carbocycles. The number of aromatic nitrogens is 1. The number of pyridine rings is 1. The van der Waals surface area contributed by atoms with Crippen LogP contribution in [-0.4, -0.2) is 17.9 Å². The SMILES string of the molecule is COc1cccc(COc2cc(C(=N)N)cc(C)n2)c1. The summed E-state index contributed by atoms with van der Waals surface area (Å²) in [5.41, 5.74) is 7.84. The van der Waals surface area contributed by atoms with Gasteiger partial charge in [0.1, 0.15) is 18.2 Å². The summed E-state index contributed by atoms with van der Waals surface area (Å²) in [6.07, 6.45) is 0. The number of hydrogen-bond donors (Lipinski definition) is 2. The van der Waals surface area contributed by atoms with Crippen LogP contribution < -0.4 is 15.2 Å². The van der Waals surface area contributed by atoms with Gasteiger partial charge in [-0.25, -0.2) is 4.98 Å². The Balaban J connectivity index is 2.12. The van der Waals surface area contributed by atoms with E-state index in [0.29, 0.717) is 18.1 Å².